The first-order chi connectivity index (χ1) is 11.6. The molecule has 0 aliphatic carbocycles. The molecular formula is C19H25ClN2O3. The van der Waals surface area contributed by atoms with E-state index in [1.54, 1.807) is 12.1 Å². The predicted octanol–water partition coefficient (Wildman–Crippen LogP) is 3.38. The summed E-state index contributed by atoms with van der Waals surface area (Å²) in [7, 11) is 0. The SMILES string of the molecule is Cc1ccc(OCc2ccc(C(=O)NC3CCCNC3)o2)c(C)c1.Cl. The number of amides is 1. The van der Waals surface area contributed by atoms with Crippen LogP contribution in [0.1, 0.15) is 40.3 Å². The minimum absolute atomic E-state index is 0. The summed E-state index contributed by atoms with van der Waals surface area (Å²) < 4.78 is 11.4. The van der Waals surface area contributed by atoms with Crippen LogP contribution in [0.25, 0.3) is 0 Å². The number of aryl methyl sites for hydroxylation is 2. The van der Waals surface area contributed by atoms with E-state index in [4.69, 9.17) is 9.15 Å². The van der Waals surface area contributed by atoms with E-state index in [1.807, 2.05) is 19.1 Å². The highest BCUT2D eigenvalue weighted by atomic mass is 35.5. The topological polar surface area (TPSA) is 63.5 Å². The molecule has 3 rings (SSSR count). The molecule has 1 aliphatic heterocycles. The van der Waals surface area contributed by atoms with E-state index in [0.29, 0.717) is 18.1 Å². The smallest absolute Gasteiger partial charge is 0.287 e. The Bertz CT molecular complexity index is 708. The lowest BCUT2D eigenvalue weighted by Gasteiger charge is -2.23. The van der Waals surface area contributed by atoms with Crippen LogP contribution in [0.15, 0.2) is 34.7 Å². The lowest BCUT2D eigenvalue weighted by atomic mass is 10.1. The molecule has 2 aromatic rings. The zero-order chi connectivity index (χ0) is 16.9. The molecule has 0 radical (unpaired) electrons. The average Bonchev–Trinajstić information content (AvgIpc) is 3.04. The van der Waals surface area contributed by atoms with Crippen molar-refractivity contribution in [3.05, 3.63) is 53.0 Å². The number of furan rings is 1. The third-order valence-corrected chi connectivity index (χ3v) is 4.22. The maximum absolute atomic E-state index is 12.2. The molecule has 25 heavy (non-hydrogen) atoms. The van der Waals surface area contributed by atoms with E-state index in [2.05, 4.69) is 23.6 Å². The standard InChI is InChI=1S/C19H24N2O3.ClH/c1-13-5-7-17(14(2)10-13)23-12-16-6-8-18(24-16)19(22)21-15-4-3-9-20-11-15;/h5-8,10,15,20H,3-4,9,11-12H2,1-2H3,(H,21,22);1H. The number of carbonyl (C=O) groups is 1. The van der Waals surface area contributed by atoms with Crippen molar-refractivity contribution in [1.29, 1.82) is 0 Å². The van der Waals surface area contributed by atoms with Crippen molar-refractivity contribution in [3.63, 3.8) is 0 Å². The van der Waals surface area contributed by atoms with E-state index < -0.39 is 0 Å². The monoisotopic (exact) mass is 364 g/mol. The van der Waals surface area contributed by atoms with Crippen molar-refractivity contribution >= 4 is 18.3 Å². The second-order valence-electron chi connectivity index (χ2n) is 6.34. The van der Waals surface area contributed by atoms with Crippen LogP contribution in [0.5, 0.6) is 5.75 Å². The summed E-state index contributed by atoms with van der Waals surface area (Å²) in [5.41, 5.74) is 2.29. The molecule has 0 bridgehead atoms. The third-order valence-electron chi connectivity index (χ3n) is 4.22. The number of rotatable bonds is 5. The Kier molecular flexibility index (Phi) is 6.91. The number of hydrogen-bond acceptors (Lipinski definition) is 4. The largest absolute Gasteiger partial charge is 0.485 e. The van der Waals surface area contributed by atoms with Gasteiger partial charge in [0.1, 0.15) is 18.1 Å². The van der Waals surface area contributed by atoms with Crippen LogP contribution in [-0.4, -0.2) is 25.0 Å². The second kappa shape index (κ2) is 8.92. The summed E-state index contributed by atoms with van der Waals surface area (Å²) in [5.74, 6) is 1.64. The molecule has 2 heterocycles. The molecule has 1 saturated heterocycles. The van der Waals surface area contributed by atoms with E-state index >= 15 is 0 Å². The quantitative estimate of drug-likeness (QED) is 0.853. The normalized spacial score (nSPS) is 16.8. The maximum atomic E-state index is 12.2. The number of benzene rings is 1. The van der Waals surface area contributed by atoms with Crippen molar-refractivity contribution in [2.45, 2.75) is 39.3 Å². The molecular weight excluding hydrogens is 340 g/mol. The molecule has 1 fully saturated rings. The van der Waals surface area contributed by atoms with Gasteiger partial charge in [0.05, 0.1) is 0 Å². The average molecular weight is 365 g/mol. The van der Waals surface area contributed by atoms with Gasteiger partial charge in [-0.25, -0.2) is 0 Å². The van der Waals surface area contributed by atoms with Crippen molar-refractivity contribution in [1.82, 2.24) is 10.6 Å². The predicted molar refractivity (Wildman–Crippen MR) is 99.6 cm³/mol. The summed E-state index contributed by atoms with van der Waals surface area (Å²) in [5, 5.41) is 6.28. The van der Waals surface area contributed by atoms with Crippen LogP contribution in [-0.2, 0) is 6.61 Å². The van der Waals surface area contributed by atoms with Gasteiger partial charge in [0.25, 0.3) is 5.91 Å². The minimum Gasteiger partial charge on any atom is -0.485 e. The fraction of sp³-hybridized carbons (Fsp3) is 0.421. The maximum Gasteiger partial charge on any atom is 0.287 e. The van der Waals surface area contributed by atoms with Crippen molar-refractivity contribution in [2.75, 3.05) is 13.1 Å². The summed E-state index contributed by atoms with van der Waals surface area (Å²) >= 11 is 0. The Hall–Kier alpha value is -1.98. The zero-order valence-electron chi connectivity index (χ0n) is 14.6. The zero-order valence-corrected chi connectivity index (χ0v) is 15.4. The number of ether oxygens (including phenoxy) is 1. The van der Waals surface area contributed by atoms with Crippen LogP contribution in [0, 0.1) is 13.8 Å². The third kappa shape index (κ3) is 5.25. The van der Waals surface area contributed by atoms with Gasteiger partial charge in [0.15, 0.2) is 5.76 Å². The first kappa shape index (κ1) is 19.3. The highest BCUT2D eigenvalue weighted by Crippen LogP contribution is 2.20. The lowest BCUT2D eigenvalue weighted by Crippen LogP contribution is -2.45. The Morgan fingerprint density at radius 1 is 1.32 bits per heavy atom. The number of nitrogens with one attached hydrogen (secondary N) is 2. The molecule has 1 aliphatic rings. The summed E-state index contributed by atoms with van der Waals surface area (Å²) in [4.78, 5) is 12.2. The molecule has 5 nitrogen and oxygen atoms in total. The molecule has 1 atom stereocenters. The van der Waals surface area contributed by atoms with Gasteiger partial charge in [-0.3, -0.25) is 4.79 Å². The molecule has 0 saturated carbocycles. The number of piperidine rings is 1. The van der Waals surface area contributed by atoms with Gasteiger partial charge in [-0.2, -0.15) is 0 Å². The van der Waals surface area contributed by atoms with Gasteiger partial charge < -0.3 is 19.8 Å². The van der Waals surface area contributed by atoms with Gasteiger partial charge in [0.2, 0.25) is 0 Å². The number of hydrogen-bond donors (Lipinski definition) is 2. The lowest BCUT2D eigenvalue weighted by molar-refractivity contribution is 0.0898. The van der Waals surface area contributed by atoms with Crippen LogP contribution in [0.3, 0.4) is 0 Å². The number of carbonyl (C=O) groups excluding carboxylic acids is 1. The summed E-state index contributed by atoms with van der Waals surface area (Å²) in [6.07, 6.45) is 2.08. The Balaban J connectivity index is 0.00000225. The van der Waals surface area contributed by atoms with Crippen molar-refractivity contribution in [2.24, 2.45) is 0 Å². The molecule has 1 aromatic carbocycles. The van der Waals surface area contributed by atoms with Gasteiger partial charge in [-0.05, 0) is 57.0 Å². The molecule has 136 valence electrons. The van der Waals surface area contributed by atoms with Crippen LogP contribution in [0.2, 0.25) is 0 Å². The van der Waals surface area contributed by atoms with Crippen molar-refractivity contribution in [3.8, 4) is 5.75 Å². The van der Waals surface area contributed by atoms with E-state index in [-0.39, 0.29) is 24.4 Å². The fourth-order valence-electron chi connectivity index (χ4n) is 2.92. The minimum atomic E-state index is -0.165. The van der Waals surface area contributed by atoms with Gasteiger partial charge in [-0.15, -0.1) is 12.4 Å². The number of halogens is 1. The van der Waals surface area contributed by atoms with E-state index in [0.717, 1.165) is 37.2 Å². The van der Waals surface area contributed by atoms with Gasteiger partial charge in [-0.1, -0.05) is 17.7 Å². The molecule has 6 heteroatoms. The summed E-state index contributed by atoms with van der Waals surface area (Å²) in [6, 6.07) is 9.71. The van der Waals surface area contributed by atoms with E-state index in [9.17, 15) is 4.79 Å². The Morgan fingerprint density at radius 3 is 2.88 bits per heavy atom. The van der Waals surface area contributed by atoms with Crippen LogP contribution >= 0.6 is 12.4 Å². The van der Waals surface area contributed by atoms with Gasteiger partial charge >= 0.3 is 0 Å². The van der Waals surface area contributed by atoms with E-state index in [1.165, 1.54) is 5.56 Å². The van der Waals surface area contributed by atoms with Crippen molar-refractivity contribution < 1.29 is 13.9 Å². The summed E-state index contributed by atoms with van der Waals surface area (Å²) in [6.45, 7) is 6.21. The highest BCUT2D eigenvalue weighted by molar-refractivity contribution is 5.91. The van der Waals surface area contributed by atoms with Gasteiger partial charge in [0, 0.05) is 12.6 Å². The molecule has 2 N–H and O–H groups in total. The van der Waals surface area contributed by atoms with Crippen LogP contribution < -0.4 is 15.4 Å². The molecule has 1 amide bonds. The highest BCUT2D eigenvalue weighted by Gasteiger charge is 2.18. The fourth-order valence-corrected chi connectivity index (χ4v) is 2.92. The molecule has 1 unspecified atom stereocenters. The Morgan fingerprint density at radius 2 is 2.16 bits per heavy atom. The first-order valence-corrected chi connectivity index (χ1v) is 8.42. The first-order valence-electron chi connectivity index (χ1n) is 8.42. The van der Waals surface area contributed by atoms with Crippen LogP contribution in [0.4, 0.5) is 0 Å². The second-order valence-corrected chi connectivity index (χ2v) is 6.34. The Labute approximate surface area is 154 Å². The molecule has 1 aromatic heterocycles. The molecule has 0 spiro atoms.